The van der Waals surface area contributed by atoms with Crippen LogP contribution in [0.3, 0.4) is 0 Å². The van der Waals surface area contributed by atoms with Crippen LogP contribution in [0.4, 0.5) is 0 Å². The molecule has 1 aromatic rings. The smallest absolute Gasteiger partial charge is 0.243 e. The molecule has 0 bridgehead atoms. The Hall–Kier alpha value is -2.23. The Morgan fingerprint density at radius 3 is 2.93 bits per heavy atom. The molecule has 0 aliphatic carbocycles. The van der Waals surface area contributed by atoms with Gasteiger partial charge < -0.3 is 5.73 Å². The molecule has 0 unspecified atom stereocenters. The fraction of sp³-hybridized carbons (Fsp3) is 0. The highest BCUT2D eigenvalue weighted by atomic mass is 16.1. The van der Waals surface area contributed by atoms with Crippen molar-refractivity contribution >= 4 is 18.3 Å². The summed E-state index contributed by atoms with van der Waals surface area (Å²) in [5.41, 5.74) is 5.51. The van der Waals surface area contributed by atoms with Crippen LogP contribution in [-0.2, 0) is 4.79 Å². The Balaban J connectivity index is 2.63. The van der Waals surface area contributed by atoms with E-state index in [4.69, 9.17) is 5.73 Å². The molecule has 0 atom stereocenters. The lowest BCUT2D eigenvalue weighted by atomic mass is 10.3. The first-order valence-corrected chi connectivity index (χ1v) is 4.44. The average Bonchev–Trinajstić information content (AvgIpc) is 2.38. The average molecular weight is 199 g/mol. The van der Waals surface area contributed by atoms with E-state index in [0.29, 0.717) is 5.70 Å². The third-order valence-electron chi connectivity index (χ3n) is 1.90. The van der Waals surface area contributed by atoms with Crippen molar-refractivity contribution in [2.75, 3.05) is 0 Å². The van der Waals surface area contributed by atoms with E-state index >= 15 is 0 Å². The minimum absolute atomic E-state index is 0.462. The van der Waals surface area contributed by atoms with E-state index in [2.05, 4.69) is 9.98 Å². The number of amides is 1. The van der Waals surface area contributed by atoms with Crippen LogP contribution in [0.2, 0.25) is 0 Å². The molecule has 1 amide bonds. The van der Waals surface area contributed by atoms with Gasteiger partial charge in [-0.3, -0.25) is 9.79 Å². The number of carbonyl (C=O) groups is 1. The van der Waals surface area contributed by atoms with Crippen molar-refractivity contribution in [1.82, 2.24) is 0 Å². The molecule has 1 aromatic carbocycles. The number of benzene rings is 1. The maximum atomic E-state index is 10.7. The Labute approximate surface area is 86.2 Å². The number of carbonyl (C=O) groups excluding carboxylic acids is 1. The quantitative estimate of drug-likeness (QED) is 0.608. The summed E-state index contributed by atoms with van der Waals surface area (Å²) in [5, 5.41) is 1.70. The van der Waals surface area contributed by atoms with Gasteiger partial charge in [0, 0.05) is 17.5 Å². The number of nitrogens with two attached hydrogens (primary N) is 1. The Morgan fingerprint density at radius 2 is 2.13 bits per heavy atom. The van der Waals surface area contributed by atoms with E-state index in [1.807, 2.05) is 24.3 Å². The van der Waals surface area contributed by atoms with Crippen molar-refractivity contribution < 1.29 is 4.79 Å². The van der Waals surface area contributed by atoms with Gasteiger partial charge in [-0.25, -0.2) is 4.99 Å². The van der Waals surface area contributed by atoms with Gasteiger partial charge in [0.1, 0.15) is 0 Å². The van der Waals surface area contributed by atoms with Crippen LogP contribution in [0, 0.1) is 0 Å². The molecule has 0 spiro atoms. The Bertz CT molecular complexity index is 570. The zero-order valence-electron chi connectivity index (χ0n) is 7.92. The fourth-order valence-electron chi connectivity index (χ4n) is 1.28. The highest BCUT2D eigenvalue weighted by molar-refractivity contribution is 5.94. The first kappa shape index (κ1) is 9.33. The zero-order valence-corrected chi connectivity index (χ0v) is 7.92. The van der Waals surface area contributed by atoms with E-state index in [1.54, 1.807) is 6.20 Å². The van der Waals surface area contributed by atoms with Crippen molar-refractivity contribution in [1.29, 1.82) is 0 Å². The second-order valence-electron chi connectivity index (χ2n) is 3.05. The Morgan fingerprint density at radius 1 is 1.33 bits per heavy atom. The van der Waals surface area contributed by atoms with Crippen molar-refractivity contribution in [2.24, 2.45) is 15.7 Å². The molecular weight excluding hydrogens is 190 g/mol. The van der Waals surface area contributed by atoms with Gasteiger partial charge in [0.05, 0.1) is 17.3 Å². The molecule has 0 radical (unpaired) electrons. The highest BCUT2D eigenvalue weighted by Gasteiger charge is 1.96. The van der Waals surface area contributed by atoms with Gasteiger partial charge in [0.25, 0.3) is 0 Å². The monoisotopic (exact) mass is 199 g/mol. The van der Waals surface area contributed by atoms with Crippen LogP contribution in [0.5, 0.6) is 0 Å². The number of aliphatic imine (C=N–C) groups is 1. The standard InChI is InChI=1S/C11H9N3O/c12-11(15)5-9-7-13-6-8-3-1-2-4-10(8)14-9/h1-7H,(H2,12,15)/b9-5-. The summed E-state index contributed by atoms with van der Waals surface area (Å²) in [5.74, 6) is -0.528. The number of hydrogen-bond donors (Lipinski definition) is 1. The van der Waals surface area contributed by atoms with Gasteiger partial charge in [-0.15, -0.1) is 0 Å². The van der Waals surface area contributed by atoms with Crippen LogP contribution < -0.4 is 16.3 Å². The lowest BCUT2D eigenvalue weighted by Crippen LogP contribution is -2.23. The van der Waals surface area contributed by atoms with Crippen LogP contribution in [0.15, 0.2) is 46.0 Å². The van der Waals surface area contributed by atoms with Crippen LogP contribution in [-0.4, -0.2) is 12.1 Å². The van der Waals surface area contributed by atoms with E-state index in [0.717, 1.165) is 10.6 Å². The first-order valence-electron chi connectivity index (χ1n) is 4.44. The summed E-state index contributed by atoms with van der Waals surface area (Å²) >= 11 is 0. The van der Waals surface area contributed by atoms with Gasteiger partial charge in [-0.1, -0.05) is 18.2 Å². The number of nitrogens with zero attached hydrogens (tertiary/aromatic N) is 2. The lowest BCUT2D eigenvalue weighted by Gasteiger charge is -1.89. The van der Waals surface area contributed by atoms with Gasteiger partial charge in [0.2, 0.25) is 5.91 Å². The zero-order chi connectivity index (χ0) is 10.7. The lowest BCUT2D eigenvalue weighted by molar-refractivity contribution is -0.113. The summed E-state index contributed by atoms with van der Waals surface area (Å²) in [7, 11) is 0. The summed E-state index contributed by atoms with van der Waals surface area (Å²) in [6.45, 7) is 0. The fourth-order valence-corrected chi connectivity index (χ4v) is 1.28. The number of allylic oxidation sites excluding steroid dienone is 1. The largest absolute Gasteiger partial charge is 0.366 e. The van der Waals surface area contributed by atoms with Crippen LogP contribution in [0.25, 0.3) is 6.20 Å². The Kier molecular flexibility index (Phi) is 2.41. The second-order valence-corrected chi connectivity index (χ2v) is 3.05. The molecule has 15 heavy (non-hydrogen) atoms. The summed E-state index contributed by atoms with van der Waals surface area (Å²) < 4.78 is 0. The van der Waals surface area contributed by atoms with Crippen molar-refractivity contribution in [3.05, 3.63) is 46.6 Å². The minimum atomic E-state index is -0.528. The van der Waals surface area contributed by atoms with Crippen molar-refractivity contribution in [3.8, 4) is 0 Å². The third kappa shape index (κ3) is 2.17. The summed E-state index contributed by atoms with van der Waals surface area (Å²) in [6, 6.07) is 7.55. The predicted octanol–water partition coefficient (Wildman–Crippen LogP) is -0.502. The molecule has 0 saturated heterocycles. The number of fused-ring (bicyclic) bond motifs is 1. The topological polar surface area (TPSA) is 67.8 Å². The molecule has 1 aliphatic heterocycles. The van der Waals surface area contributed by atoms with E-state index in [1.165, 1.54) is 12.3 Å². The maximum Gasteiger partial charge on any atom is 0.243 e. The summed E-state index contributed by atoms with van der Waals surface area (Å²) in [6.07, 6.45) is 4.45. The van der Waals surface area contributed by atoms with Gasteiger partial charge >= 0.3 is 0 Å². The molecule has 0 fully saturated rings. The van der Waals surface area contributed by atoms with Crippen molar-refractivity contribution in [2.45, 2.75) is 0 Å². The molecule has 74 valence electrons. The van der Waals surface area contributed by atoms with Crippen LogP contribution in [0.1, 0.15) is 0 Å². The third-order valence-corrected chi connectivity index (χ3v) is 1.90. The van der Waals surface area contributed by atoms with Crippen LogP contribution >= 0.6 is 0 Å². The van der Waals surface area contributed by atoms with E-state index in [-0.39, 0.29) is 0 Å². The van der Waals surface area contributed by atoms with Crippen molar-refractivity contribution in [3.63, 3.8) is 0 Å². The highest BCUT2D eigenvalue weighted by Crippen LogP contribution is 1.93. The molecule has 2 rings (SSSR count). The number of hydrogen-bond acceptors (Lipinski definition) is 3. The first-order chi connectivity index (χ1) is 7.25. The molecule has 0 saturated carbocycles. The molecule has 2 N–H and O–H groups in total. The molecule has 1 heterocycles. The van der Waals surface area contributed by atoms with Gasteiger partial charge in [-0.2, -0.15) is 0 Å². The maximum absolute atomic E-state index is 10.7. The van der Waals surface area contributed by atoms with E-state index < -0.39 is 5.91 Å². The van der Waals surface area contributed by atoms with Gasteiger partial charge in [-0.05, 0) is 6.07 Å². The molecular formula is C11H9N3O. The number of primary amides is 1. The SMILES string of the molecule is NC(=O)/C=C1/C=NC=c2ccccc2=N1. The van der Waals surface area contributed by atoms with Gasteiger partial charge in [0.15, 0.2) is 0 Å². The van der Waals surface area contributed by atoms with E-state index in [9.17, 15) is 4.79 Å². The number of para-hydroxylation sites is 1. The molecule has 4 heteroatoms. The summed E-state index contributed by atoms with van der Waals surface area (Å²) in [4.78, 5) is 19.0. The molecule has 0 aromatic heterocycles. The second kappa shape index (κ2) is 3.88. The predicted molar refractivity (Wildman–Crippen MR) is 57.5 cm³/mol. The molecule has 4 nitrogen and oxygen atoms in total. The normalized spacial score (nSPS) is 16.1. The molecule has 1 aliphatic rings. The minimum Gasteiger partial charge on any atom is -0.366 e. The number of rotatable bonds is 1.